The van der Waals surface area contributed by atoms with Crippen molar-refractivity contribution in [2.45, 2.75) is 4.90 Å². The molecule has 0 aliphatic carbocycles. The minimum Gasteiger partial charge on any atom is -0.299 e. The van der Waals surface area contributed by atoms with Gasteiger partial charge < -0.3 is 0 Å². The van der Waals surface area contributed by atoms with E-state index >= 15 is 0 Å². The summed E-state index contributed by atoms with van der Waals surface area (Å²) in [7, 11) is -3.24. The summed E-state index contributed by atoms with van der Waals surface area (Å²) in [6, 6.07) is 25.0. The van der Waals surface area contributed by atoms with Gasteiger partial charge in [-0.25, -0.2) is 13.4 Å². The number of hydrogen-bond donors (Lipinski definition) is 0. The summed E-state index contributed by atoms with van der Waals surface area (Å²) >= 11 is 3.47. The summed E-state index contributed by atoms with van der Waals surface area (Å²) in [4.78, 5) is 4.91. The fraction of sp³-hybridized carbons (Fsp3) is 0.0455. The van der Waals surface area contributed by atoms with Crippen LogP contribution in [-0.2, 0) is 9.84 Å². The Morgan fingerprint density at radius 1 is 0.821 bits per heavy atom. The van der Waals surface area contributed by atoms with E-state index in [1.54, 1.807) is 18.2 Å². The van der Waals surface area contributed by atoms with Crippen LogP contribution in [0.1, 0.15) is 0 Å². The predicted molar refractivity (Wildman–Crippen MR) is 115 cm³/mol. The fourth-order valence-corrected chi connectivity index (χ4v) is 4.10. The van der Waals surface area contributed by atoms with E-state index in [2.05, 4.69) is 20.9 Å². The van der Waals surface area contributed by atoms with Crippen molar-refractivity contribution >= 4 is 25.8 Å². The van der Waals surface area contributed by atoms with Crippen molar-refractivity contribution < 1.29 is 8.42 Å². The van der Waals surface area contributed by atoms with Crippen molar-refractivity contribution in [1.82, 2.24) is 9.55 Å². The van der Waals surface area contributed by atoms with Crippen LogP contribution >= 0.6 is 15.9 Å². The molecule has 0 aliphatic rings. The van der Waals surface area contributed by atoms with Crippen molar-refractivity contribution in [1.29, 1.82) is 0 Å². The normalized spacial score (nSPS) is 11.5. The summed E-state index contributed by atoms with van der Waals surface area (Å²) in [6.45, 7) is 0. The van der Waals surface area contributed by atoms with Crippen LogP contribution in [0.25, 0.3) is 28.2 Å². The van der Waals surface area contributed by atoms with Crippen LogP contribution in [0.4, 0.5) is 0 Å². The summed E-state index contributed by atoms with van der Waals surface area (Å²) in [5, 5.41) is 0. The van der Waals surface area contributed by atoms with Gasteiger partial charge in [0, 0.05) is 23.7 Å². The molecule has 4 aromatic rings. The lowest BCUT2D eigenvalue weighted by atomic mass is 10.1. The molecule has 0 atom stereocenters. The van der Waals surface area contributed by atoms with Crippen molar-refractivity contribution in [2.75, 3.05) is 6.26 Å². The molecule has 0 unspecified atom stereocenters. The molecule has 0 aliphatic heterocycles. The van der Waals surface area contributed by atoms with E-state index in [0.29, 0.717) is 4.90 Å². The molecule has 6 heteroatoms. The molecule has 0 amide bonds. The van der Waals surface area contributed by atoms with Gasteiger partial charge in [0.05, 0.1) is 4.90 Å². The van der Waals surface area contributed by atoms with Crippen molar-refractivity contribution in [3.05, 3.63) is 89.7 Å². The largest absolute Gasteiger partial charge is 0.299 e. The molecule has 0 radical (unpaired) electrons. The van der Waals surface area contributed by atoms with Crippen LogP contribution in [0.15, 0.2) is 94.6 Å². The molecule has 1 aromatic heterocycles. The third-order valence-corrected chi connectivity index (χ3v) is 5.94. The van der Waals surface area contributed by atoms with Gasteiger partial charge in [0.15, 0.2) is 9.84 Å². The number of hydrogen-bond acceptors (Lipinski definition) is 3. The topological polar surface area (TPSA) is 52.0 Å². The Kier molecular flexibility index (Phi) is 4.91. The van der Waals surface area contributed by atoms with Crippen LogP contribution in [0.5, 0.6) is 0 Å². The fourth-order valence-electron chi connectivity index (χ4n) is 3.06. The maximum atomic E-state index is 11.8. The summed E-state index contributed by atoms with van der Waals surface area (Å²) < 4.78 is 26.4. The first kappa shape index (κ1) is 18.7. The quantitative estimate of drug-likeness (QED) is 0.417. The van der Waals surface area contributed by atoms with Gasteiger partial charge in [-0.1, -0.05) is 54.6 Å². The molecule has 28 heavy (non-hydrogen) atoms. The molecular formula is C22H17BrN2O2S. The van der Waals surface area contributed by atoms with E-state index in [1.807, 2.05) is 71.4 Å². The molecule has 0 saturated carbocycles. The highest BCUT2D eigenvalue weighted by Gasteiger charge is 2.12. The zero-order valence-electron chi connectivity index (χ0n) is 15.1. The molecule has 0 saturated heterocycles. The van der Waals surface area contributed by atoms with Crippen LogP contribution in [0, 0.1) is 0 Å². The number of halogens is 1. The van der Waals surface area contributed by atoms with Gasteiger partial charge in [0.2, 0.25) is 0 Å². The third-order valence-electron chi connectivity index (χ3n) is 4.45. The Morgan fingerprint density at radius 3 is 2.18 bits per heavy atom. The van der Waals surface area contributed by atoms with Crippen LogP contribution < -0.4 is 0 Å². The average Bonchev–Trinajstić information content (AvgIpc) is 3.10. The monoisotopic (exact) mass is 452 g/mol. The number of nitrogens with zero attached hydrogens (tertiary/aromatic N) is 2. The van der Waals surface area contributed by atoms with Crippen LogP contribution in [-0.4, -0.2) is 24.2 Å². The first-order valence-corrected chi connectivity index (χ1v) is 11.3. The van der Waals surface area contributed by atoms with E-state index in [0.717, 1.165) is 32.8 Å². The number of rotatable bonds is 4. The zero-order chi connectivity index (χ0) is 19.7. The molecular weight excluding hydrogens is 436 g/mol. The summed E-state index contributed by atoms with van der Waals surface area (Å²) in [5.74, 6) is 0.847. The second kappa shape index (κ2) is 7.37. The van der Waals surface area contributed by atoms with Crippen molar-refractivity contribution in [3.63, 3.8) is 0 Å². The van der Waals surface area contributed by atoms with Crippen LogP contribution in [0.2, 0.25) is 0 Å². The highest BCUT2D eigenvalue weighted by atomic mass is 79.9. The van der Waals surface area contributed by atoms with Gasteiger partial charge in [-0.3, -0.25) is 4.57 Å². The lowest BCUT2D eigenvalue weighted by Crippen LogP contribution is -1.97. The van der Waals surface area contributed by atoms with E-state index in [-0.39, 0.29) is 0 Å². The Hall–Kier alpha value is -2.70. The number of sulfone groups is 1. The van der Waals surface area contributed by atoms with E-state index in [1.165, 1.54) is 6.26 Å². The molecule has 0 N–H and O–H groups in total. The van der Waals surface area contributed by atoms with Gasteiger partial charge in [0.25, 0.3) is 0 Å². The van der Waals surface area contributed by atoms with Crippen LogP contribution in [0.3, 0.4) is 0 Å². The highest BCUT2D eigenvalue weighted by molar-refractivity contribution is 9.10. The van der Waals surface area contributed by atoms with Gasteiger partial charge in [-0.2, -0.15) is 0 Å². The Bertz CT molecular complexity index is 1230. The number of benzene rings is 3. The molecule has 140 valence electrons. The first-order valence-electron chi connectivity index (χ1n) is 8.63. The number of aromatic nitrogens is 2. The SMILES string of the molecule is CS(=O)(=O)c1cccc(-c2ccc(-n3cc(Br)nc3-c3ccccc3)cc2)c1. The molecule has 0 fully saturated rings. The van der Waals surface area contributed by atoms with E-state index in [4.69, 9.17) is 0 Å². The Balaban J connectivity index is 1.73. The molecule has 3 aromatic carbocycles. The van der Waals surface area contributed by atoms with Gasteiger partial charge in [-0.05, 0) is 51.3 Å². The van der Waals surface area contributed by atoms with E-state index in [9.17, 15) is 8.42 Å². The maximum absolute atomic E-state index is 11.8. The minimum absolute atomic E-state index is 0.319. The standard InChI is InChI=1S/C22H17BrN2O2S/c1-28(26,27)20-9-5-8-18(14-20)16-10-12-19(13-11-16)25-15-21(23)24-22(25)17-6-3-2-4-7-17/h2-15H,1H3. The number of imidazole rings is 1. The zero-order valence-corrected chi connectivity index (χ0v) is 17.5. The van der Waals surface area contributed by atoms with Crippen molar-refractivity contribution in [2.24, 2.45) is 0 Å². The Morgan fingerprint density at radius 2 is 1.50 bits per heavy atom. The lowest BCUT2D eigenvalue weighted by molar-refractivity contribution is 0.602. The molecule has 4 nitrogen and oxygen atoms in total. The van der Waals surface area contributed by atoms with Crippen molar-refractivity contribution in [3.8, 4) is 28.2 Å². The summed E-state index contributed by atoms with van der Waals surface area (Å²) in [6.07, 6.45) is 3.15. The van der Waals surface area contributed by atoms with Gasteiger partial charge >= 0.3 is 0 Å². The molecule has 1 heterocycles. The average molecular weight is 453 g/mol. The maximum Gasteiger partial charge on any atom is 0.175 e. The second-order valence-electron chi connectivity index (χ2n) is 6.47. The van der Waals surface area contributed by atoms with Gasteiger partial charge in [0.1, 0.15) is 10.4 Å². The summed E-state index contributed by atoms with van der Waals surface area (Å²) in [5.41, 5.74) is 3.82. The Labute approximate surface area is 172 Å². The predicted octanol–water partition coefficient (Wildman–Crippen LogP) is 5.37. The molecule has 4 rings (SSSR count). The van der Waals surface area contributed by atoms with E-state index < -0.39 is 9.84 Å². The second-order valence-corrected chi connectivity index (χ2v) is 9.30. The van der Waals surface area contributed by atoms with Gasteiger partial charge in [-0.15, -0.1) is 0 Å². The lowest BCUT2D eigenvalue weighted by Gasteiger charge is -2.10. The first-order chi connectivity index (χ1) is 13.4. The molecule has 0 bridgehead atoms. The molecule has 0 spiro atoms. The smallest absolute Gasteiger partial charge is 0.175 e. The third kappa shape index (κ3) is 3.79. The highest BCUT2D eigenvalue weighted by Crippen LogP contribution is 2.28. The minimum atomic E-state index is -3.24.